The first-order valence-electron chi connectivity index (χ1n) is 10.9. The van der Waals surface area contributed by atoms with Crippen LogP contribution in [-0.2, 0) is 11.2 Å². The smallest absolute Gasteiger partial charge is 0.362 e. The van der Waals surface area contributed by atoms with E-state index in [0.717, 1.165) is 17.5 Å². The van der Waals surface area contributed by atoms with Gasteiger partial charge in [-0.3, -0.25) is 4.79 Å². The van der Waals surface area contributed by atoms with Crippen LogP contribution in [0.5, 0.6) is 5.75 Å². The Morgan fingerprint density at radius 1 is 1.06 bits per heavy atom. The van der Waals surface area contributed by atoms with Gasteiger partial charge in [-0.15, -0.1) is 0 Å². The lowest BCUT2D eigenvalue weighted by Crippen LogP contribution is -2.23. The molecule has 0 radical (unpaired) electrons. The van der Waals surface area contributed by atoms with E-state index in [-0.39, 0.29) is 18.0 Å². The van der Waals surface area contributed by atoms with Crippen LogP contribution in [-0.4, -0.2) is 19.6 Å². The molecule has 3 aromatic rings. The molecule has 2 aromatic carbocycles. The molecule has 1 saturated carbocycles. The van der Waals surface area contributed by atoms with Gasteiger partial charge < -0.3 is 19.8 Å². The van der Waals surface area contributed by atoms with Gasteiger partial charge in [-0.1, -0.05) is 43.5 Å². The van der Waals surface area contributed by atoms with E-state index in [4.69, 9.17) is 9.15 Å². The number of hydrogen-bond acceptors (Lipinski definition) is 5. The third kappa shape index (κ3) is 5.08. The van der Waals surface area contributed by atoms with Crippen molar-refractivity contribution in [2.75, 3.05) is 24.3 Å². The van der Waals surface area contributed by atoms with Crippen LogP contribution in [0.25, 0.3) is 11.0 Å². The highest BCUT2D eigenvalue weighted by Crippen LogP contribution is 2.31. The summed E-state index contributed by atoms with van der Waals surface area (Å²) in [7, 11) is 1.59. The molecule has 2 N–H and O–H groups in total. The largest absolute Gasteiger partial charge is 0.497 e. The van der Waals surface area contributed by atoms with Crippen LogP contribution in [0.4, 0.5) is 11.4 Å². The van der Waals surface area contributed by atoms with Gasteiger partial charge in [0.2, 0.25) is 5.91 Å². The molecular weight excluding hydrogens is 392 g/mol. The number of carbonyl (C=O) groups is 1. The summed E-state index contributed by atoms with van der Waals surface area (Å²) in [6, 6.07) is 14.7. The van der Waals surface area contributed by atoms with Crippen molar-refractivity contribution in [3.63, 3.8) is 0 Å². The van der Waals surface area contributed by atoms with Crippen molar-refractivity contribution in [3.05, 3.63) is 64.5 Å². The van der Waals surface area contributed by atoms with Crippen molar-refractivity contribution in [2.45, 2.75) is 38.5 Å². The second kappa shape index (κ2) is 9.69. The van der Waals surface area contributed by atoms with Gasteiger partial charge in [-0.2, -0.15) is 0 Å². The number of amides is 1. The number of anilines is 2. The minimum Gasteiger partial charge on any atom is -0.497 e. The highest BCUT2D eigenvalue weighted by Gasteiger charge is 2.19. The Labute approximate surface area is 181 Å². The molecular formula is C25H28N2O4. The number of nitrogens with one attached hydrogen (secondary N) is 2. The first-order valence-corrected chi connectivity index (χ1v) is 10.9. The molecule has 4 rings (SSSR count). The van der Waals surface area contributed by atoms with Crippen LogP contribution in [0.2, 0.25) is 0 Å². The molecule has 0 bridgehead atoms. The molecule has 0 atom stereocenters. The first kappa shape index (κ1) is 21.0. The number of carbonyl (C=O) groups excluding carboxylic acids is 1. The molecule has 1 aliphatic rings. The molecule has 31 heavy (non-hydrogen) atoms. The van der Waals surface area contributed by atoms with Crippen molar-refractivity contribution < 1.29 is 13.9 Å². The van der Waals surface area contributed by atoms with Gasteiger partial charge in [0.1, 0.15) is 11.3 Å². The SMILES string of the molecule is COc1cccc(CC(=O)Nc2c(NCC3CCCCC3)c3ccccc3oc2=O)c1. The zero-order valence-electron chi connectivity index (χ0n) is 17.8. The van der Waals surface area contributed by atoms with E-state index in [9.17, 15) is 9.59 Å². The molecule has 1 heterocycles. The van der Waals surface area contributed by atoms with Crippen LogP contribution in [0.1, 0.15) is 37.7 Å². The molecule has 1 amide bonds. The summed E-state index contributed by atoms with van der Waals surface area (Å²) in [6.45, 7) is 0.770. The van der Waals surface area contributed by atoms with Crippen molar-refractivity contribution in [1.82, 2.24) is 0 Å². The highest BCUT2D eigenvalue weighted by molar-refractivity contribution is 6.02. The minimum atomic E-state index is -0.552. The zero-order valence-corrected chi connectivity index (χ0v) is 17.8. The Morgan fingerprint density at radius 2 is 1.87 bits per heavy atom. The fraction of sp³-hybridized carbons (Fsp3) is 0.360. The van der Waals surface area contributed by atoms with Crippen LogP contribution in [0, 0.1) is 5.92 Å². The van der Waals surface area contributed by atoms with Crippen LogP contribution in [0.3, 0.4) is 0 Å². The summed E-state index contributed by atoms with van der Waals surface area (Å²) >= 11 is 0. The Bertz CT molecular complexity index is 1120. The zero-order chi connectivity index (χ0) is 21.6. The van der Waals surface area contributed by atoms with E-state index in [2.05, 4.69) is 10.6 Å². The number of para-hydroxylation sites is 1. The lowest BCUT2D eigenvalue weighted by molar-refractivity contribution is -0.115. The van der Waals surface area contributed by atoms with E-state index in [1.54, 1.807) is 13.2 Å². The molecule has 1 aromatic heterocycles. The number of fused-ring (bicyclic) bond motifs is 1. The molecule has 162 valence electrons. The van der Waals surface area contributed by atoms with E-state index in [1.807, 2.05) is 42.5 Å². The molecule has 0 saturated heterocycles. The minimum absolute atomic E-state index is 0.130. The average molecular weight is 421 g/mol. The van der Waals surface area contributed by atoms with E-state index >= 15 is 0 Å². The summed E-state index contributed by atoms with van der Waals surface area (Å²) in [6.07, 6.45) is 6.28. The van der Waals surface area contributed by atoms with Gasteiger partial charge in [-0.05, 0) is 48.6 Å². The first-order chi connectivity index (χ1) is 15.1. The quantitative estimate of drug-likeness (QED) is 0.527. The van der Waals surface area contributed by atoms with Crippen molar-refractivity contribution in [1.29, 1.82) is 0 Å². The summed E-state index contributed by atoms with van der Waals surface area (Å²) in [5.41, 5.74) is 1.56. The number of methoxy groups -OCH3 is 1. The summed E-state index contributed by atoms with van der Waals surface area (Å²) < 4.78 is 10.7. The highest BCUT2D eigenvalue weighted by atomic mass is 16.5. The lowest BCUT2D eigenvalue weighted by atomic mass is 9.89. The van der Waals surface area contributed by atoms with Crippen LogP contribution < -0.4 is 21.0 Å². The predicted molar refractivity (Wildman–Crippen MR) is 123 cm³/mol. The molecule has 0 unspecified atom stereocenters. The van der Waals surface area contributed by atoms with E-state index < -0.39 is 5.63 Å². The third-order valence-corrected chi connectivity index (χ3v) is 5.87. The standard InChI is InChI=1S/C25H28N2O4/c1-30-19-11-7-10-18(14-19)15-22(28)27-24-23(26-16-17-8-3-2-4-9-17)20-12-5-6-13-21(20)31-25(24)29/h5-7,10-14,17,26H,2-4,8-9,15-16H2,1H3,(H,27,28). The Hall–Kier alpha value is -3.28. The van der Waals surface area contributed by atoms with Crippen LogP contribution in [0.15, 0.2) is 57.7 Å². The van der Waals surface area contributed by atoms with Gasteiger partial charge in [0.05, 0.1) is 19.2 Å². The molecule has 0 aliphatic heterocycles. The summed E-state index contributed by atoms with van der Waals surface area (Å²) in [5, 5.41) is 7.04. The normalized spacial score (nSPS) is 14.4. The Balaban J connectivity index is 1.59. The van der Waals surface area contributed by atoms with Crippen molar-refractivity contribution in [2.24, 2.45) is 5.92 Å². The topological polar surface area (TPSA) is 80.6 Å². The average Bonchev–Trinajstić information content (AvgIpc) is 2.79. The van der Waals surface area contributed by atoms with Gasteiger partial charge >= 0.3 is 5.63 Å². The number of rotatable bonds is 7. The van der Waals surface area contributed by atoms with Gasteiger partial charge in [0, 0.05) is 11.9 Å². The monoisotopic (exact) mass is 420 g/mol. The molecule has 0 spiro atoms. The fourth-order valence-electron chi connectivity index (χ4n) is 4.24. The number of ether oxygens (including phenoxy) is 1. The molecule has 1 fully saturated rings. The predicted octanol–water partition coefficient (Wildman–Crippen LogP) is 4.98. The van der Waals surface area contributed by atoms with Crippen molar-refractivity contribution >= 4 is 28.3 Å². The maximum absolute atomic E-state index is 12.8. The lowest BCUT2D eigenvalue weighted by Gasteiger charge is -2.23. The maximum atomic E-state index is 12.8. The fourth-order valence-corrected chi connectivity index (χ4v) is 4.24. The van der Waals surface area contributed by atoms with Crippen LogP contribution >= 0.6 is 0 Å². The summed E-state index contributed by atoms with van der Waals surface area (Å²) in [4.78, 5) is 25.5. The van der Waals surface area contributed by atoms with Gasteiger partial charge in [0.15, 0.2) is 5.69 Å². The van der Waals surface area contributed by atoms with E-state index in [1.165, 1.54) is 32.1 Å². The number of hydrogen-bond donors (Lipinski definition) is 2. The number of benzene rings is 2. The van der Waals surface area contributed by atoms with Gasteiger partial charge in [-0.25, -0.2) is 4.79 Å². The third-order valence-electron chi connectivity index (χ3n) is 5.87. The van der Waals surface area contributed by atoms with Gasteiger partial charge in [0.25, 0.3) is 0 Å². The second-order valence-corrected chi connectivity index (χ2v) is 8.10. The second-order valence-electron chi connectivity index (χ2n) is 8.10. The maximum Gasteiger partial charge on any atom is 0.362 e. The Morgan fingerprint density at radius 3 is 2.68 bits per heavy atom. The van der Waals surface area contributed by atoms with E-state index in [0.29, 0.717) is 22.9 Å². The summed E-state index contributed by atoms with van der Waals surface area (Å²) in [5.74, 6) is 0.974. The van der Waals surface area contributed by atoms with Crippen molar-refractivity contribution in [3.8, 4) is 5.75 Å². The molecule has 1 aliphatic carbocycles. The molecule has 6 heteroatoms. The Kier molecular flexibility index (Phi) is 6.55. The molecule has 6 nitrogen and oxygen atoms in total.